The fourth-order valence-corrected chi connectivity index (χ4v) is 2.29. The third kappa shape index (κ3) is 1.34. The first-order valence-corrected chi connectivity index (χ1v) is 4.86. The van der Waals surface area contributed by atoms with Crippen molar-refractivity contribution in [2.24, 2.45) is 5.41 Å². The van der Waals surface area contributed by atoms with E-state index in [1.54, 1.807) is 0 Å². The average Bonchev–Trinajstić information content (AvgIpc) is 2.56. The Morgan fingerprint density at radius 3 is 2.69 bits per heavy atom. The first-order chi connectivity index (χ1) is 6.11. The van der Waals surface area contributed by atoms with Crippen LogP contribution in [0.3, 0.4) is 0 Å². The van der Waals surface area contributed by atoms with E-state index in [1.165, 1.54) is 19.3 Å². The van der Waals surface area contributed by atoms with Gasteiger partial charge in [0.2, 0.25) is 0 Å². The van der Waals surface area contributed by atoms with E-state index in [9.17, 15) is 0 Å². The van der Waals surface area contributed by atoms with Crippen LogP contribution in [0.5, 0.6) is 0 Å². The predicted molar refractivity (Wildman–Crippen MR) is 49.2 cm³/mol. The summed E-state index contributed by atoms with van der Waals surface area (Å²) in [5.41, 5.74) is 0.347. The Bertz CT molecular complexity index is 302. The molecule has 0 N–H and O–H groups in total. The van der Waals surface area contributed by atoms with Gasteiger partial charge in [-0.15, -0.1) is 5.10 Å². The number of aromatic nitrogens is 4. The second kappa shape index (κ2) is 2.79. The summed E-state index contributed by atoms with van der Waals surface area (Å²) >= 11 is 0. The molecule has 72 valence electrons. The largest absolute Gasteiger partial charge is 0.226 e. The van der Waals surface area contributed by atoms with Gasteiger partial charge in [-0.2, -0.15) is 0 Å². The molecule has 0 amide bonds. The molecule has 1 heterocycles. The minimum atomic E-state index is 0.347. The molecule has 0 spiro atoms. The maximum absolute atomic E-state index is 4.05. The van der Waals surface area contributed by atoms with Gasteiger partial charge in [0.05, 0.1) is 6.04 Å². The molecule has 1 aromatic rings. The van der Waals surface area contributed by atoms with E-state index in [4.69, 9.17) is 0 Å². The van der Waals surface area contributed by atoms with E-state index in [-0.39, 0.29) is 0 Å². The Balaban J connectivity index is 2.31. The van der Waals surface area contributed by atoms with Crippen LogP contribution >= 0.6 is 0 Å². The summed E-state index contributed by atoms with van der Waals surface area (Å²) in [6, 6.07) is 0.488. The number of hydrogen-bond acceptors (Lipinski definition) is 3. The quantitative estimate of drug-likeness (QED) is 0.661. The second-order valence-electron chi connectivity index (χ2n) is 4.57. The van der Waals surface area contributed by atoms with Gasteiger partial charge < -0.3 is 0 Å². The van der Waals surface area contributed by atoms with Crippen LogP contribution in [0.2, 0.25) is 0 Å². The van der Waals surface area contributed by atoms with Crippen LogP contribution < -0.4 is 0 Å². The maximum atomic E-state index is 4.05. The van der Waals surface area contributed by atoms with Gasteiger partial charge in [-0.05, 0) is 35.6 Å². The van der Waals surface area contributed by atoms with Gasteiger partial charge in [0, 0.05) is 0 Å². The Hall–Kier alpha value is -0.930. The van der Waals surface area contributed by atoms with Crippen molar-refractivity contribution in [2.45, 2.75) is 46.1 Å². The number of nitrogens with zero attached hydrogens (tertiary/aromatic N) is 4. The molecule has 4 nitrogen and oxygen atoms in total. The van der Waals surface area contributed by atoms with E-state index in [0.717, 1.165) is 5.82 Å². The van der Waals surface area contributed by atoms with Crippen molar-refractivity contribution in [2.75, 3.05) is 0 Å². The molecule has 0 aliphatic heterocycles. The molecular formula is C9H16N4. The fourth-order valence-electron chi connectivity index (χ4n) is 2.29. The first kappa shape index (κ1) is 8.66. The zero-order chi connectivity index (χ0) is 9.47. The van der Waals surface area contributed by atoms with Crippen molar-refractivity contribution in [1.82, 2.24) is 20.2 Å². The highest BCUT2D eigenvalue weighted by Gasteiger charge is 2.37. The van der Waals surface area contributed by atoms with E-state index in [1.807, 2.05) is 11.6 Å². The summed E-state index contributed by atoms with van der Waals surface area (Å²) in [5.74, 6) is 0.931. The van der Waals surface area contributed by atoms with Gasteiger partial charge >= 0.3 is 0 Å². The standard InChI is InChI=1S/C9H16N4/c1-7-10-11-12-13(7)8-5-4-6-9(8,2)3/h8H,4-6H2,1-3H3. The highest BCUT2D eigenvalue weighted by Crippen LogP contribution is 2.45. The third-order valence-corrected chi connectivity index (χ3v) is 3.15. The number of hydrogen-bond donors (Lipinski definition) is 0. The molecule has 1 fully saturated rings. The molecule has 1 saturated carbocycles. The molecule has 1 aliphatic rings. The van der Waals surface area contributed by atoms with Crippen molar-refractivity contribution in [3.05, 3.63) is 5.82 Å². The predicted octanol–water partition coefficient (Wildman–Crippen LogP) is 1.73. The molecule has 0 bridgehead atoms. The van der Waals surface area contributed by atoms with Gasteiger partial charge in [0.15, 0.2) is 0 Å². The average molecular weight is 180 g/mol. The summed E-state index contributed by atoms with van der Waals surface area (Å²) in [6.45, 7) is 6.56. The van der Waals surface area contributed by atoms with Crippen LogP contribution in [0.25, 0.3) is 0 Å². The van der Waals surface area contributed by atoms with Crippen molar-refractivity contribution in [3.8, 4) is 0 Å². The minimum Gasteiger partial charge on any atom is -0.226 e. The van der Waals surface area contributed by atoms with E-state index in [0.29, 0.717) is 11.5 Å². The van der Waals surface area contributed by atoms with Crippen LogP contribution in [0.1, 0.15) is 45.0 Å². The highest BCUT2D eigenvalue weighted by molar-refractivity contribution is 4.91. The number of aryl methyl sites for hydroxylation is 1. The lowest BCUT2D eigenvalue weighted by Gasteiger charge is -2.26. The molecule has 1 unspecified atom stereocenters. The SMILES string of the molecule is Cc1nnnn1C1CCCC1(C)C. The van der Waals surface area contributed by atoms with Crippen LogP contribution in [-0.2, 0) is 0 Å². The monoisotopic (exact) mass is 180 g/mol. The smallest absolute Gasteiger partial charge is 0.148 e. The summed E-state index contributed by atoms with van der Waals surface area (Å²) in [5, 5.41) is 11.7. The second-order valence-corrected chi connectivity index (χ2v) is 4.57. The fraction of sp³-hybridized carbons (Fsp3) is 0.889. The number of rotatable bonds is 1. The zero-order valence-electron chi connectivity index (χ0n) is 8.49. The van der Waals surface area contributed by atoms with E-state index in [2.05, 4.69) is 29.4 Å². The van der Waals surface area contributed by atoms with Gasteiger partial charge in [0.25, 0.3) is 0 Å². The normalized spacial score (nSPS) is 26.5. The summed E-state index contributed by atoms with van der Waals surface area (Å²) in [4.78, 5) is 0. The van der Waals surface area contributed by atoms with Crippen LogP contribution in [-0.4, -0.2) is 20.2 Å². The first-order valence-electron chi connectivity index (χ1n) is 4.86. The summed E-state index contributed by atoms with van der Waals surface area (Å²) in [7, 11) is 0. The van der Waals surface area contributed by atoms with Crippen molar-refractivity contribution < 1.29 is 0 Å². The topological polar surface area (TPSA) is 43.6 Å². The van der Waals surface area contributed by atoms with Gasteiger partial charge in [-0.25, -0.2) is 4.68 Å². The summed E-state index contributed by atoms with van der Waals surface area (Å²) < 4.78 is 1.98. The van der Waals surface area contributed by atoms with E-state index < -0.39 is 0 Å². The lowest BCUT2D eigenvalue weighted by molar-refractivity contribution is 0.237. The maximum Gasteiger partial charge on any atom is 0.148 e. The van der Waals surface area contributed by atoms with Gasteiger partial charge in [-0.3, -0.25) is 0 Å². The van der Waals surface area contributed by atoms with Crippen LogP contribution in [0, 0.1) is 12.3 Å². The Morgan fingerprint density at radius 2 is 2.23 bits per heavy atom. The van der Waals surface area contributed by atoms with Gasteiger partial charge in [0.1, 0.15) is 5.82 Å². The van der Waals surface area contributed by atoms with Crippen LogP contribution in [0.4, 0.5) is 0 Å². The molecular weight excluding hydrogens is 164 g/mol. The molecule has 13 heavy (non-hydrogen) atoms. The molecule has 1 aromatic heterocycles. The molecule has 0 radical (unpaired) electrons. The Morgan fingerprint density at radius 1 is 1.46 bits per heavy atom. The van der Waals surface area contributed by atoms with Crippen molar-refractivity contribution in [3.63, 3.8) is 0 Å². The van der Waals surface area contributed by atoms with Gasteiger partial charge in [-0.1, -0.05) is 20.3 Å². The molecule has 4 heteroatoms. The summed E-state index contributed by atoms with van der Waals surface area (Å²) in [6.07, 6.45) is 3.77. The lowest BCUT2D eigenvalue weighted by atomic mass is 9.87. The number of tetrazole rings is 1. The Labute approximate surface area is 78.3 Å². The van der Waals surface area contributed by atoms with Crippen LogP contribution in [0.15, 0.2) is 0 Å². The van der Waals surface area contributed by atoms with E-state index >= 15 is 0 Å². The third-order valence-electron chi connectivity index (χ3n) is 3.15. The Kier molecular flexibility index (Phi) is 1.86. The highest BCUT2D eigenvalue weighted by atomic mass is 15.5. The van der Waals surface area contributed by atoms with Crippen molar-refractivity contribution in [1.29, 1.82) is 0 Å². The molecule has 2 rings (SSSR count). The molecule has 0 aromatic carbocycles. The molecule has 0 saturated heterocycles. The molecule has 1 aliphatic carbocycles. The molecule has 1 atom stereocenters. The minimum absolute atomic E-state index is 0.347. The lowest BCUT2D eigenvalue weighted by Crippen LogP contribution is -2.23. The zero-order valence-corrected chi connectivity index (χ0v) is 8.49. The van der Waals surface area contributed by atoms with Crippen molar-refractivity contribution >= 4 is 0 Å².